The fraction of sp³-hybridized carbons (Fsp3) is 0.762. The molecule has 8 heteroatoms. The Morgan fingerprint density at radius 1 is 1.31 bits per heavy atom. The molecule has 2 bridgehead atoms. The van der Waals surface area contributed by atoms with Crippen LogP contribution >= 0.6 is 0 Å². The number of nitrogen functional groups attached to an aromatic ring is 1. The minimum Gasteiger partial charge on any atom is -0.385 e. The minimum atomic E-state index is -0.605. The van der Waals surface area contributed by atoms with E-state index in [0.717, 1.165) is 12.3 Å². The van der Waals surface area contributed by atoms with Gasteiger partial charge in [0.05, 0.1) is 0 Å². The van der Waals surface area contributed by atoms with Crippen LogP contribution in [0, 0.1) is 23.7 Å². The number of amides is 1. The van der Waals surface area contributed by atoms with E-state index in [1.165, 1.54) is 28.7 Å². The summed E-state index contributed by atoms with van der Waals surface area (Å²) in [5.41, 5.74) is 5.21. The van der Waals surface area contributed by atoms with Crippen LogP contribution in [0.1, 0.15) is 52.4 Å². The third-order valence-electron chi connectivity index (χ3n) is 6.38. The highest BCUT2D eigenvalue weighted by atomic mass is 16.5. The van der Waals surface area contributed by atoms with Crippen LogP contribution in [-0.4, -0.2) is 35.7 Å². The smallest absolute Gasteiger partial charge is 0.330 e. The molecule has 2 fully saturated rings. The normalized spacial score (nSPS) is 23.1. The highest BCUT2D eigenvalue weighted by Crippen LogP contribution is 2.49. The molecule has 0 aliphatic heterocycles. The number of hydrogen-bond donors (Lipinski definition) is 2. The van der Waals surface area contributed by atoms with Gasteiger partial charge in [-0.2, -0.15) is 0 Å². The summed E-state index contributed by atoms with van der Waals surface area (Å²) in [5, 5.41) is 0. The average Bonchev–Trinajstić information content (AvgIpc) is 3.26. The average molecular weight is 407 g/mol. The van der Waals surface area contributed by atoms with Gasteiger partial charge in [0, 0.05) is 33.2 Å². The number of nitrogens with two attached hydrogens (primary N) is 1. The number of fused-ring (bicyclic) bond motifs is 2. The van der Waals surface area contributed by atoms with Gasteiger partial charge in [0.25, 0.3) is 5.56 Å². The van der Waals surface area contributed by atoms with Crippen molar-refractivity contribution < 1.29 is 9.53 Å². The lowest BCUT2D eigenvalue weighted by Crippen LogP contribution is -2.42. The maximum absolute atomic E-state index is 13.3. The van der Waals surface area contributed by atoms with Crippen molar-refractivity contribution >= 4 is 17.4 Å². The van der Waals surface area contributed by atoms with Gasteiger partial charge in [-0.05, 0) is 49.4 Å². The Balaban J connectivity index is 1.90. The zero-order valence-corrected chi connectivity index (χ0v) is 17.8. The predicted molar refractivity (Wildman–Crippen MR) is 113 cm³/mol. The minimum absolute atomic E-state index is 0.0613. The molecule has 0 saturated heterocycles. The first-order chi connectivity index (χ1) is 13.8. The van der Waals surface area contributed by atoms with Crippen molar-refractivity contribution in [3.63, 3.8) is 0 Å². The van der Waals surface area contributed by atoms with Crippen LogP contribution in [-0.2, 0) is 16.1 Å². The van der Waals surface area contributed by atoms with Crippen molar-refractivity contribution in [3.05, 3.63) is 20.8 Å². The van der Waals surface area contributed by atoms with Gasteiger partial charge in [0.2, 0.25) is 5.91 Å². The molecule has 0 aromatic carbocycles. The summed E-state index contributed by atoms with van der Waals surface area (Å²) in [4.78, 5) is 42.0. The Kier molecular flexibility index (Phi) is 6.82. The lowest BCUT2D eigenvalue weighted by atomic mass is 9.86. The first-order valence-corrected chi connectivity index (χ1v) is 10.7. The van der Waals surface area contributed by atoms with E-state index in [4.69, 9.17) is 10.5 Å². The van der Waals surface area contributed by atoms with E-state index >= 15 is 0 Å². The van der Waals surface area contributed by atoms with Crippen LogP contribution in [0.3, 0.4) is 0 Å². The highest BCUT2D eigenvalue weighted by molar-refractivity contribution is 5.95. The maximum atomic E-state index is 13.3. The Labute approximate surface area is 171 Å². The second-order valence-corrected chi connectivity index (χ2v) is 9.03. The largest absolute Gasteiger partial charge is 0.385 e. The van der Waals surface area contributed by atoms with Gasteiger partial charge in [0.1, 0.15) is 5.82 Å². The van der Waals surface area contributed by atoms with E-state index in [0.29, 0.717) is 44.4 Å². The molecule has 3 N–H and O–H groups in total. The number of nitrogens with zero attached hydrogens (tertiary/aromatic N) is 2. The summed E-state index contributed by atoms with van der Waals surface area (Å²) in [6, 6.07) is 0. The molecule has 3 unspecified atom stereocenters. The van der Waals surface area contributed by atoms with E-state index in [1.54, 1.807) is 7.11 Å². The van der Waals surface area contributed by atoms with Gasteiger partial charge in [-0.15, -0.1) is 0 Å². The number of hydrogen-bond acceptors (Lipinski definition) is 5. The van der Waals surface area contributed by atoms with Crippen molar-refractivity contribution in [1.82, 2.24) is 9.55 Å². The van der Waals surface area contributed by atoms with Crippen LogP contribution in [0.5, 0.6) is 0 Å². The third-order valence-corrected chi connectivity index (χ3v) is 6.38. The predicted octanol–water partition coefficient (Wildman–Crippen LogP) is 1.97. The second kappa shape index (κ2) is 9.15. The second-order valence-electron chi connectivity index (χ2n) is 9.03. The quantitative estimate of drug-likeness (QED) is 0.609. The van der Waals surface area contributed by atoms with Gasteiger partial charge in [-0.1, -0.05) is 20.3 Å². The molecule has 0 radical (unpaired) electrons. The van der Waals surface area contributed by atoms with Gasteiger partial charge < -0.3 is 15.4 Å². The number of anilines is 2. The van der Waals surface area contributed by atoms with E-state index in [9.17, 15) is 14.4 Å². The standard InChI is InChI=1S/C21H34N4O4/c1-13(2)12-25-19(22)18(20(27)23-21(25)28)24(7-4-8-29-3)17(26)11-16-10-14-5-6-15(16)9-14/h13-16H,4-12,22H2,1-3H3,(H,23,27,28). The van der Waals surface area contributed by atoms with Crippen LogP contribution < -0.4 is 21.9 Å². The van der Waals surface area contributed by atoms with Crippen LogP contribution in [0.2, 0.25) is 0 Å². The zero-order chi connectivity index (χ0) is 21.1. The monoisotopic (exact) mass is 406 g/mol. The molecular formula is C21H34N4O4. The van der Waals surface area contributed by atoms with Crippen LogP contribution in [0.15, 0.2) is 9.59 Å². The summed E-state index contributed by atoms with van der Waals surface area (Å²) in [6.45, 7) is 5.11. The number of H-pyrrole nitrogens is 1. The Morgan fingerprint density at radius 3 is 2.66 bits per heavy atom. The molecule has 3 atom stereocenters. The van der Waals surface area contributed by atoms with E-state index in [-0.39, 0.29) is 23.3 Å². The number of carbonyl (C=O) groups excluding carboxylic acids is 1. The number of ether oxygens (including phenoxy) is 1. The van der Waals surface area contributed by atoms with Crippen molar-refractivity contribution in [3.8, 4) is 0 Å². The SMILES string of the molecule is COCCCN(C(=O)CC1CC2CCC1C2)c1c(N)n(CC(C)C)c(=O)[nH]c1=O. The lowest BCUT2D eigenvalue weighted by molar-refractivity contribution is -0.120. The van der Waals surface area contributed by atoms with E-state index in [1.807, 2.05) is 13.8 Å². The van der Waals surface area contributed by atoms with Crippen molar-refractivity contribution in [2.24, 2.45) is 23.7 Å². The fourth-order valence-corrected chi connectivity index (χ4v) is 5.07. The summed E-state index contributed by atoms with van der Waals surface area (Å²) in [6.07, 6.45) is 5.82. The molecule has 1 amide bonds. The molecule has 1 aromatic heterocycles. The molecule has 1 heterocycles. The summed E-state index contributed by atoms with van der Waals surface area (Å²) >= 11 is 0. The number of aromatic amines is 1. The Hall–Kier alpha value is -2.09. The molecule has 29 heavy (non-hydrogen) atoms. The number of rotatable bonds is 9. The number of nitrogens with one attached hydrogen (secondary N) is 1. The molecule has 2 aliphatic rings. The Bertz CT molecular complexity index is 844. The van der Waals surface area contributed by atoms with Gasteiger partial charge in [-0.3, -0.25) is 19.1 Å². The molecule has 3 rings (SSSR count). The molecule has 0 spiro atoms. The molecule has 8 nitrogen and oxygen atoms in total. The number of methoxy groups -OCH3 is 1. The first-order valence-electron chi connectivity index (χ1n) is 10.7. The number of aromatic nitrogens is 2. The third kappa shape index (κ3) is 4.74. The molecule has 1 aromatic rings. The fourth-order valence-electron chi connectivity index (χ4n) is 5.07. The zero-order valence-electron chi connectivity index (χ0n) is 17.8. The Morgan fingerprint density at radius 2 is 2.07 bits per heavy atom. The molecule has 2 saturated carbocycles. The molecule has 162 valence electrons. The first kappa shape index (κ1) is 21.6. The van der Waals surface area contributed by atoms with Crippen molar-refractivity contribution in [1.29, 1.82) is 0 Å². The summed E-state index contributed by atoms with van der Waals surface area (Å²) in [5.74, 6) is 1.89. The van der Waals surface area contributed by atoms with Crippen molar-refractivity contribution in [2.45, 2.75) is 58.9 Å². The topological polar surface area (TPSA) is 110 Å². The van der Waals surface area contributed by atoms with Gasteiger partial charge in [0.15, 0.2) is 5.69 Å². The molecule has 2 aliphatic carbocycles. The van der Waals surface area contributed by atoms with E-state index < -0.39 is 11.2 Å². The van der Waals surface area contributed by atoms with E-state index in [2.05, 4.69) is 4.98 Å². The summed E-state index contributed by atoms with van der Waals surface area (Å²) < 4.78 is 6.48. The summed E-state index contributed by atoms with van der Waals surface area (Å²) in [7, 11) is 1.60. The van der Waals surface area contributed by atoms with Gasteiger partial charge >= 0.3 is 5.69 Å². The van der Waals surface area contributed by atoms with Crippen LogP contribution in [0.4, 0.5) is 11.5 Å². The van der Waals surface area contributed by atoms with Crippen LogP contribution in [0.25, 0.3) is 0 Å². The van der Waals surface area contributed by atoms with Gasteiger partial charge in [-0.25, -0.2) is 4.79 Å². The highest BCUT2D eigenvalue weighted by Gasteiger charge is 2.41. The lowest BCUT2D eigenvalue weighted by Gasteiger charge is -2.28. The molecular weight excluding hydrogens is 372 g/mol. The number of carbonyl (C=O) groups is 1. The van der Waals surface area contributed by atoms with Crippen molar-refractivity contribution in [2.75, 3.05) is 30.9 Å². The maximum Gasteiger partial charge on any atom is 0.330 e.